The zero-order valence-electron chi connectivity index (χ0n) is 10.6. The Labute approximate surface area is 110 Å². The Morgan fingerprint density at radius 2 is 2.32 bits per heavy atom. The molecule has 0 spiro atoms. The Morgan fingerprint density at radius 1 is 1.53 bits per heavy atom. The van der Waals surface area contributed by atoms with E-state index in [1.54, 1.807) is 29.8 Å². The van der Waals surface area contributed by atoms with Crippen LogP contribution >= 0.6 is 0 Å². The minimum atomic E-state index is -0.376. The molecule has 0 fully saturated rings. The van der Waals surface area contributed by atoms with Gasteiger partial charge in [-0.2, -0.15) is 0 Å². The van der Waals surface area contributed by atoms with Crippen LogP contribution in [0.2, 0.25) is 0 Å². The van der Waals surface area contributed by atoms with E-state index >= 15 is 0 Å². The van der Waals surface area contributed by atoms with E-state index in [0.29, 0.717) is 24.3 Å². The van der Waals surface area contributed by atoms with Gasteiger partial charge in [0.25, 0.3) is 5.91 Å². The lowest BCUT2D eigenvalue weighted by Crippen LogP contribution is -2.13. The third-order valence-corrected chi connectivity index (χ3v) is 2.68. The molecule has 0 saturated heterocycles. The van der Waals surface area contributed by atoms with Crippen LogP contribution in [0.1, 0.15) is 16.1 Å². The molecule has 100 valence electrons. The highest BCUT2D eigenvalue weighted by Gasteiger charge is 2.10. The van der Waals surface area contributed by atoms with Crippen LogP contribution in [0.4, 0.5) is 10.1 Å². The first-order chi connectivity index (χ1) is 9.10. The Kier molecular flexibility index (Phi) is 3.91. The smallest absolute Gasteiger partial charge is 0.275 e. The first-order valence-electron chi connectivity index (χ1n) is 5.89. The summed E-state index contributed by atoms with van der Waals surface area (Å²) in [5, 5.41) is 2.60. The molecule has 2 rings (SSSR count). The number of nitrogens with one attached hydrogen (secondary N) is 1. The zero-order chi connectivity index (χ0) is 13.8. The van der Waals surface area contributed by atoms with Crippen LogP contribution in [0.25, 0.3) is 0 Å². The van der Waals surface area contributed by atoms with E-state index in [1.165, 1.54) is 12.4 Å². The molecule has 0 atom stereocenters. The summed E-state index contributed by atoms with van der Waals surface area (Å²) in [6.07, 6.45) is 3.14. The van der Waals surface area contributed by atoms with E-state index in [4.69, 9.17) is 5.73 Å². The molecule has 0 bridgehead atoms. The standard InChI is InChI=1S/C13H15FN4O/c1-9-2-3-10(6-11(9)14)17-13(19)12-7-18(5-4-15)8-16-12/h2-3,6-8H,4-5,15H2,1H3,(H,17,19). The molecule has 1 heterocycles. The van der Waals surface area contributed by atoms with E-state index in [0.717, 1.165) is 0 Å². The number of amides is 1. The topological polar surface area (TPSA) is 72.9 Å². The van der Waals surface area contributed by atoms with Crippen molar-refractivity contribution in [2.24, 2.45) is 5.73 Å². The number of hydrogen-bond acceptors (Lipinski definition) is 3. The minimum absolute atomic E-state index is 0.273. The van der Waals surface area contributed by atoms with E-state index in [-0.39, 0.29) is 17.4 Å². The van der Waals surface area contributed by atoms with Gasteiger partial charge in [-0.15, -0.1) is 0 Å². The minimum Gasteiger partial charge on any atom is -0.335 e. The Bertz CT molecular complexity index is 594. The number of carbonyl (C=O) groups is 1. The second-order valence-corrected chi connectivity index (χ2v) is 4.20. The third-order valence-electron chi connectivity index (χ3n) is 2.68. The molecule has 2 aromatic rings. The van der Waals surface area contributed by atoms with Gasteiger partial charge in [0.15, 0.2) is 0 Å². The fraction of sp³-hybridized carbons (Fsp3) is 0.231. The number of hydrogen-bond donors (Lipinski definition) is 2. The van der Waals surface area contributed by atoms with Gasteiger partial charge in [-0.05, 0) is 24.6 Å². The van der Waals surface area contributed by atoms with Crippen LogP contribution in [0.15, 0.2) is 30.7 Å². The van der Waals surface area contributed by atoms with Crippen LogP contribution in [-0.2, 0) is 6.54 Å². The predicted octanol–water partition coefficient (Wildman–Crippen LogP) is 1.54. The molecule has 6 heteroatoms. The van der Waals surface area contributed by atoms with Crippen LogP contribution in [0.5, 0.6) is 0 Å². The average molecular weight is 262 g/mol. The van der Waals surface area contributed by atoms with Crippen LogP contribution in [-0.4, -0.2) is 22.0 Å². The van der Waals surface area contributed by atoms with Gasteiger partial charge in [-0.25, -0.2) is 9.37 Å². The fourth-order valence-electron chi connectivity index (χ4n) is 1.61. The quantitative estimate of drug-likeness (QED) is 0.877. The summed E-state index contributed by atoms with van der Waals surface area (Å²) in [6, 6.07) is 4.54. The van der Waals surface area contributed by atoms with Crippen LogP contribution < -0.4 is 11.1 Å². The number of halogens is 1. The first-order valence-corrected chi connectivity index (χ1v) is 5.89. The van der Waals surface area contributed by atoms with Gasteiger partial charge in [-0.1, -0.05) is 6.07 Å². The molecule has 0 aliphatic carbocycles. The van der Waals surface area contributed by atoms with Crippen LogP contribution in [0, 0.1) is 12.7 Å². The zero-order valence-corrected chi connectivity index (χ0v) is 10.6. The number of anilines is 1. The molecule has 0 aliphatic rings. The van der Waals surface area contributed by atoms with Crippen molar-refractivity contribution in [2.75, 3.05) is 11.9 Å². The third kappa shape index (κ3) is 3.17. The van der Waals surface area contributed by atoms with Gasteiger partial charge in [0.05, 0.1) is 6.33 Å². The first kappa shape index (κ1) is 13.2. The molecular formula is C13H15FN4O. The van der Waals surface area contributed by atoms with Gasteiger partial charge >= 0.3 is 0 Å². The van der Waals surface area contributed by atoms with E-state index in [1.807, 2.05) is 0 Å². The SMILES string of the molecule is Cc1ccc(NC(=O)c2cn(CCN)cn2)cc1F. The van der Waals surface area contributed by atoms with Gasteiger partial charge in [0.2, 0.25) is 0 Å². The Hall–Kier alpha value is -2.21. The van der Waals surface area contributed by atoms with Crippen molar-refractivity contribution < 1.29 is 9.18 Å². The average Bonchev–Trinajstić information content (AvgIpc) is 2.83. The molecule has 3 N–H and O–H groups in total. The number of nitrogens with zero attached hydrogens (tertiary/aromatic N) is 2. The van der Waals surface area contributed by atoms with Crippen molar-refractivity contribution in [1.82, 2.24) is 9.55 Å². The number of imidazole rings is 1. The second kappa shape index (κ2) is 5.62. The lowest BCUT2D eigenvalue weighted by Gasteiger charge is -2.04. The van der Waals surface area contributed by atoms with Gasteiger partial charge in [0.1, 0.15) is 11.5 Å². The molecule has 19 heavy (non-hydrogen) atoms. The number of carbonyl (C=O) groups excluding carboxylic acids is 1. The summed E-state index contributed by atoms with van der Waals surface area (Å²) < 4.78 is 15.1. The van der Waals surface area contributed by atoms with Gasteiger partial charge in [0, 0.05) is 25.0 Å². The number of benzene rings is 1. The molecule has 0 radical (unpaired) electrons. The van der Waals surface area contributed by atoms with Gasteiger partial charge in [-0.3, -0.25) is 4.79 Å². The van der Waals surface area contributed by atoms with E-state index in [2.05, 4.69) is 10.3 Å². The summed E-state index contributed by atoms with van der Waals surface area (Å²) in [4.78, 5) is 15.9. The van der Waals surface area contributed by atoms with Gasteiger partial charge < -0.3 is 15.6 Å². The molecule has 0 saturated carbocycles. The van der Waals surface area contributed by atoms with Crippen molar-refractivity contribution in [3.8, 4) is 0 Å². The summed E-state index contributed by atoms with van der Waals surface area (Å²) in [5.74, 6) is -0.731. The van der Waals surface area contributed by atoms with Crippen molar-refractivity contribution >= 4 is 11.6 Å². The molecule has 1 amide bonds. The molecule has 1 aromatic carbocycles. The number of aryl methyl sites for hydroxylation is 1. The summed E-state index contributed by atoms with van der Waals surface area (Å²) >= 11 is 0. The summed E-state index contributed by atoms with van der Waals surface area (Å²) in [6.45, 7) is 2.73. The molecule has 5 nitrogen and oxygen atoms in total. The van der Waals surface area contributed by atoms with E-state index < -0.39 is 0 Å². The number of aromatic nitrogens is 2. The van der Waals surface area contributed by atoms with E-state index in [9.17, 15) is 9.18 Å². The highest BCUT2D eigenvalue weighted by Crippen LogP contribution is 2.14. The Balaban J connectivity index is 2.09. The monoisotopic (exact) mass is 262 g/mol. The van der Waals surface area contributed by atoms with Crippen LogP contribution in [0.3, 0.4) is 0 Å². The molecular weight excluding hydrogens is 247 g/mol. The number of nitrogens with two attached hydrogens (primary N) is 1. The maximum atomic E-state index is 13.4. The maximum absolute atomic E-state index is 13.4. The lowest BCUT2D eigenvalue weighted by atomic mass is 10.2. The fourth-order valence-corrected chi connectivity index (χ4v) is 1.61. The van der Waals surface area contributed by atoms with Crippen molar-refractivity contribution in [3.63, 3.8) is 0 Å². The molecule has 0 unspecified atom stereocenters. The van der Waals surface area contributed by atoms with Crippen molar-refractivity contribution in [1.29, 1.82) is 0 Å². The lowest BCUT2D eigenvalue weighted by molar-refractivity contribution is 0.102. The summed E-state index contributed by atoms with van der Waals surface area (Å²) in [5.41, 5.74) is 6.62. The summed E-state index contributed by atoms with van der Waals surface area (Å²) in [7, 11) is 0. The highest BCUT2D eigenvalue weighted by molar-refractivity contribution is 6.02. The predicted molar refractivity (Wildman–Crippen MR) is 70.4 cm³/mol. The Morgan fingerprint density at radius 3 is 3.00 bits per heavy atom. The number of rotatable bonds is 4. The largest absolute Gasteiger partial charge is 0.335 e. The normalized spacial score (nSPS) is 10.5. The molecule has 0 aliphatic heterocycles. The van der Waals surface area contributed by atoms with Crippen molar-refractivity contribution in [3.05, 3.63) is 47.8 Å². The highest BCUT2D eigenvalue weighted by atomic mass is 19.1. The molecule has 1 aromatic heterocycles. The second-order valence-electron chi connectivity index (χ2n) is 4.20. The maximum Gasteiger partial charge on any atom is 0.275 e. The van der Waals surface area contributed by atoms with Crippen molar-refractivity contribution in [2.45, 2.75) is 13.5 Å².